The van der Waals surface area contributed by atoms with Gasteiger partial charge in [-0.3, -0.25) is 9.59 Å². The van der Waals surface area contributed by atoms with Crippen molar-refractivity contribution in [1.29, 1.82) is 0 Å². The highest BCUT2D eigenvalue weighted by molar-refractivity contribution is 6.23. The van der Waals surface area contributed by atoms with Crippen molar-refractivity contribution >= 4 is 29.4 Å². The molecule has 3 aromatic carbocycles. The third-order valence-corrected chi connectivity index (χ3v) is 7.32. The number of esters is 2. The van der Waals surface area contributed by atoms with Crippen molar-refractivity contribution in [3.63, 3.8) is 0 Å². The number of imide groups is 1. The van der Waals surface area contributed by atoms with Crippen LogP contribution in [0.2, 0.25) is 0 Å². The molecule has 2 saturated heterocycles. The molecule has 0 radical (unpaired) electrons. The SMILES string of the molecule is CCOC(=O)[C@H]1[C@@H]2C(=O)N(c3ccccc3)C(=O)[C@@H]2[C@H](c2ccccc2)N1/C(C)=C/C(=O)OCc1ccccc1. The lowest BCUT2D eigenvalue weighted by molar-refractivity contribution is -0.151. The summed E-state index contributed by atoms with van der Waals surface area (Å²) in [4.78, 5) is 57.1. The van der Waals surface area contributed by atoms with Gasteiger partial charge in [0.15, 0.2) is 0 Å². The van der Waals surface area contributed by atoms with Gasteiger partial charge in [0.25, 0.3) is 0 Å². The second-order valence-electron chi connectivity index (χ2n) is 9.74. The van der Waals surface area contributed by atoms with E-state index in [1.54, 1.807) is 49.1 Å². The topological polar surface area (TPSA) is 93.2 Å². The third-order valence-electron chi connectivity index (χ3n) is 7.32. The predicted octanol–water partition coefficient (Wildman–Crippen LogP) is 4.43. The van der Waals surface area contributed by atoms with E-state index in [0.717, 1.165) is 11.1 Å². The fourth-order valence-corrected chi connectivity index (χ4v) is 5.69. The predicted molar refractivity (Wildman–Crippen MR) is 147 cm³/mol. The fraction of sp³-hybridized carbons (Fsp3) is 0.250. The number of fused-ring (bicyclic) bond motifs is 1. The Morgan fingerprint density at radius 3 is 2.00 bits per heavy atom. The van der Waals surface area contributed by atoms with Crippen molar-refractivity contribution in [3.05, 3.63) is 114 Å². The van der Waals surface area contributed by atoms with Crippen LogP contribution in [0.4, 0.5) is 5.69 Å². The number of hydrogen-bond acceptors (Lipinski definition) is 7. The van der Waals surface area contributed by atoms with E-state index in [2.05, 4.69) is 0 Å². The van der Waals surface area contributed by atoms with E-state index in [1.807, 2.05) is 60.7 Å². The van der Waals surface area contributed by atoms with E-state index in [9.17, 15) is 19.2 Å². The highest BCUT2D eigenvalue weighted by Gasteiger charge is 2.65. The second kappa shape index (κ2) is 11.6. The van der Waals surface area contributed by atoms with E-state index in [1.165, 1.54) is 11.0 Å². The van der Waals surface area contributed by atoms with Gasteiger partial charge in [0.05, 0.1) is 30.2 Å². The number of hydrogen-bond donors (Lipinski definition) is 0. The minimum Gasteiger partial charge on any atom is -0.464 e. The van der Waals surface area contributed by atoms with E-state index in [4.69, 9.17) is 9.47 Å². The van der Waals surface area contributed by atoms with E-state index < -0.39 is 47.7 Å². The number of rotatable bonds is 8. The number of carbonyl (C=O) groups excluding carboxylic acids is 4. The van der Waals surface area contributed by atoms with Crippen molar-refractivity contribution < 1.29 is 28.7 Å². The Morgan fingerprint density at radius 2 is 1.38 bits per heavy atom. The first-order valence-electron chi connectivity index (χ1n) is 13.2. The minimum absolute atomic E-state index is 0.0845. The summed E-state index contributed by atoms with van der Waals surface area (Å²) in [5.74, 6) is -3.96. The lowest BCUT2D eigenvalue weighted by Crippen LogP contribution is -2.46. The maximum Gasteiger partial charge on any atom is 0.332 e. The molecule has 3 aromatic rings. The third kappa shape index (κ3) is 5.00. The first-order valence-corrected chi connectivity index (χ1v) is 13.2. The number of para-hydroxylation sites is 1. The first kappa shape index (κ1) is 26.9. The van der Waals surface area contributed by atoms with Gasteiger partial charge < -0.3 is 14.4 Å². The Balaban J connectivity index is 1.55. The summed E-state index contributed by atoms with van der Waals surface area (Å²) in [5, 5.41) is 0. The standard InChI is InChI=1S/C32H30N2O6/c1-3-39-32(38)29-27-26(30(36)34(31(27)37)24-17-11-6-12-18-24)28(23-15-9-5-10-16-23)33(29)21(2)19-25(35)40-20-22-13-7-4-8-14-22/h4-19,26-29H,3,20H2,1-2H3/b21-19+/t26-,27+,28-,29+/m0/s1. The average molecular weight is 539 g/mol. The van der Waals surface area contributed by atoms with Crippen LogP contribution in [0.5, 0.6) is 0 Å². The number of benzene rings is 3. The molecule has 4 atom stereocenters. The van der Waals surface area contributed by atoms with Gasteiger partial charge in [-0.15, -0.1) is 0 Å². The van der Waals surface area contributed by atoms with Gasteiger partial charge in [-0.1, -0.05) is 78.9 Å². The zero-order valence-corrected chi connectivity index (χ0v) is 22.3. The molecule has 8 heteroatoms. The molecule has 2 aliphatic rings. The van der Waals surface area contributed by atoms with Gasteiger partial charge in [0.2, 0.25) is 11.8 Å². The van der Waals surface area contributed by atoms with Crippen LogP contribution in [0.15, 0.2) is 103 Å². The number of allylic oxidation sites excluding steroid dienone is 1. The molecule has 204 valence electrons. The van der Waals surface area contributed by atoms with Crippen LogP contribution >= 0.6 is 0 Å². The molecule has 2 fully saturated rings. The van der Waals surface area contributed by atoms with Crippen molar-refractivity contribution in [3.8, 4) is 0 Å². The van der Waals surface area contributed by atoms with Crippen LogP contribution in [0.1, 0.15) is 31.0 Å². The molecule has 8 nitrogen and oxygen atoms in total. The Morgan fingerprint density at radius 1 is 0.800 bits per heavy atom. The highest BCUT2D eigenvalue weighted by Crippen LogP contribution is 2.52. The molecule has 5 rings (SSSR count). The van der Waals surface area contributed by atoms with Crippen LogP contribution in [-0.4, -0.2) is 41.3 Å². The fourth-order valence-electron chi connectivity index (χ4n) is 5.69. The molecule has 0 N–H and O–H groups in total. The Bertz CT molecular complexity index is 1420. The molecule has 0 aliphatic carbocycles. The van der Waals surface area contributed by atoms with Crippen molar-refractivity contribution in [2.45, 2.75) is 32.5 Å². The number of anilines is 1. The van der Waals surface area contributed by atoms with Crippen LogP contribution in [0.3, 0.4) is 0 Å². The average Bonchev–Trinajstić information content (AvgIpc) is 3.46. The lowest BCUT2D eigenvalue weighted by atomic mass is 9.86. The Kier molecular flexibility index (Phi) is 7.77. The van der Waals surface area contributed by atoms with Crippen molar-refractivity contribution in [2.24, 2.45) is 11.8 Å². The normalized spacial score (nSPS) is 22.3. The van der Waals surface area contributed by atoms with Crippen LogP contribution in [0, 0.1) is 11.8 Å². The summed E-state index contributed by atoms with van der Waals surface area (Å²) in [6.07, 6.45) is 1.30. The van der Waals surface area contributed by atoms with Gasteiger partial charge in [-0.2, -0.15) is 0 Å². The van der Waals surface area contributed by atoms with E-state index >= 15 is 0 Å². The molecular formula is C32H30N2O6. The van der Waals surface area contributed by atoms with Crippen LogP contribution < -0.4 is 4.90 Å². The van der Waals surface area contributed by atoms with Gasteiger partial charge >= 0.3 is 11.9 Å². The Labute approximate surface area is 232 Å². The summed E-state index contributed by atoms with van der Waals surface area (Å²) in [6.45, 7) is 3.55. The van der Waals surface area contributed by atoms with E-state index in [-0.39, 0.29) is 13.2 Å². The largest absolute Gasteiger partial charge is 0.464 e. The first-order chi connectivity index (χ1) is 19.4. The molecule has 40 heavy (non-hydrogen) atoms. The summed E-state index contributed by atoms with van der Waals surface area (Å²) < 4.78 is 10.9. The smallest absolute Gasteiger partial charge is 0.332 e. The second-order valence-corrected chi connectivity index (χ2v) is 9.74. The summed E-state index contributed by atoms with van der Waals surface area (Å²) in [6, 6.07) is 25.4. The molecule has 2 aliphatic heterocycles. The number of likely N-dealkylation sites (tertiary alicyclic amines) is 1. The maximum atomic E-state index is 14.0. The van der Waals surface area contributed by atoms with Gasteiger partial charge in [0.1, 0.15) is 12.6 Å². The summed E-state index contributed by atoms with van der Waals surface area (Å²) in [7, 11) is 0. The number of carbonyl (C=O) groups is 4. The maximum absolute atomic E-state index is 14.0. The molecule has 0 bridgehead atoms. The van der Waals surface area contributed by atoms with Crippen molar-refractivity contribution in [1.82, 2.24) is 4.90 Å². The molecule has 2 amide bonds. The summed E-state index contributed by atoms with van der Waals surface area (Å²) >= 11 is 0. The molecule has 0 spiro atoms. The van der Waals surface area contributed by atoms with Crippen LogP contribution in [0.25, 0.3) is 0 Å². The highest BCUT2D eigenvalue weighted by atomic mass is 16.5. The number of amides is 2. The summed E-state index contributed by atoms with van der Waals surface area (Å²) in [5.41, 5.74) is 2.42. The minimum atomic E-state index is -1.11. The van der Waals surface area contributed by atoms with Gasteiger partial charge in [-0.05, 0) is 37.1 Å². The zero-order chi connectivity index (χ0) is 28.2. The monoisotopic (exact) mass is 538 g/mol. The zero-order valence-electron chi connectivity index (χ0n) is 22.3. The molecule has 0 aromatic heterocycles. The van der Waals surface area contributed by atoms with Gasteiger partial charge in [-0.25, -0.2) is 14.5 Å². The molecular weight excluding hydrogens is 508 g/mol. The lowest BCUT2D eigenvalue weighted by Gasteiger charge is -2.35. The van der Waals surface area contributed by atoms with Crippen molar-refractivity contribution in [2.75, 3.05) is 11.5 Å². The van der Waals surface area contributed by atoms with Gasteiger partial charge in [0, 0.05) is 11.8 Å². The Hall–Kier alpha value is -4.72. The molecule has 0 saturated carbocycles. The number of ether oxygens (including phenoxy) is 2. The van der Waals surface area contributed by atoms with Crippen LogP contribution in [-0.2, 0) is 35.3 Å². The molecule has 0 unspecified atom stereocenters. The number of nitrogens with zero attached hydrogens (tertiary/aromatic N) is 2. The molecule has 2 heterocycles. The van der Waals surface area contributed by atoms with E-state index in [0.29, 0.717) is 11.4 Å². The quantitative estimate of drug-likeness (QED) is 0.238.